The van der Waals surface area contributed by atoms with Crippen molar-refractivity contribution in [1.82, 2.24) is 5.32 Å². The van der Waals surface area contributed by atoms with Gasteiger partial charge in [0.25, 0.3) is 0 Å². The lowest BCUT2D eigenvalue weighted by Crippen LogP contribution is -2.09. The van der Waals surface area contributed by atoms with Crippen molar-refractivity contribution < 1.29 is 14.3 Å². The van der Waals surface area contributed by atoms with E-state index in [1.807, 2.05) is 7.05 Å². The molecule has 20 heavy (non-hydrogen) atoms. The second-order valence-corrected chi connectivity index (χ2v) is 4.96. The van der Waals surface area contributed by atoms with Crippen molar-refractivity contribution in [2.75, 3.05) is 26.8 Å². The van der Waals surface area contributed by atoms with Gasteiger partial charge in [-0.1, -0.05) is 23.2 Å². The van der Waals surface area contributed by atoms with Gasteiger partial charge in [0, 0.05) is 0 Å². The van der Waals surface area contributed by atoms with Crippen LogP contribution in [0, 0.1) is 0 Å². The molecule has 0 aliphatic heterocycles. The quantitative estimate of drug-likeness (QED) is 0.588. The Labute approximate surface area is 129 Å². The van der Waals surface area contributed by atoms with Crippen molar-refractivity contribution >= 4 is 29.2 Å². The Morgan fingerprint density at radius 1 is 1.25 bits per heavy atom. The van der Waals surface area contributed by atoms with E-state index in [4.69, 9.17) is 32.7 Å². The molecule has 0 unspecified atom stereocenters. The van der Waals surface area contributed by atoms with Gasteiger partial charge in [-0.25, -0.2) is 4.79 Å². The van der Waals surface area contributed by atoms with Gasteiger partial charge in [0.15, 0.2) is 5.75 Å². The van der Waals surface area contributed by atoms with E-state index < -0.39 is 5.97 Å². The summed E-state index contributed by atoms with van der Waals surface area (Å²) < 4.78 is 10.5. The van der Waals surface area contributed by atoms with E-state index in [0.717, 1.165) is 19.4 Å². The average Bonchev–Trinajstić information content (AvgIpc) is 2.41. The fourth-order valence-electron chi connectivity index (χ4n) is 1.61. The molecule has 6 heteroatoms. The van der Waals surface area contributed by atoms with E-state index in [1.165, 1.54) is 12.1 Å². The van der Waals surface area contributed by atoms with Gasteiger partial charge in [0.1, 0.15) is 0 Å². The Hall–Kier alpha value is -0.970. The minimum absolute atomic E-state index is 0.303. The van der Waals surface area contributed by atoms with Gasteiger partial charge in [-0.05, 0) is 45.5 Å². The lowest BCUT2D eigenvalue weighted by atomic mass is 10.2. The van der Waals surface area contributed by atoms with Crippen LogP contribution < -0.4 is 10.1 Å². The summed E-state index contributed by atoms with van der Waals surface area (Å²) in [5.74, 6) is -0.0392. The number of rotatable bonds is 8. The van der Waals surface area contributed by atoms with Crippen LogP contribution in [0.15, 0.2) is 12.1 Å². The van der Waals surface area contributed by atoms with Crippen molar-refractivity contribution in [2.45, 2.75) is 19.8 Å². The van der Waals surface area contributed by atoms with Crippen LogP contribution in [-0.4, -0.2) is 32.8 Å². The number of unbranched alkanes of at least 4 members (excludes halogenated alkanes) is 1. The largest absolute Gasteiger partial charge is 0.490 e. The molecule has 0 aliphatic rings. The Bertz CT molecular complexity index is 429. The van der Waals surface area contributed by atoms with Gasteiger partial charge < -0.3 is 14.8 Å². The zero-order chi connectivity index (χ0) is 15.0. The SMILES string of the molecule is CCOC(=O)c1cc(Cl)c(OCCCCNC)c(Cl)c1. The van der Waals surface area contributed by atoms with Crippen LogP contribution in [0.3, 0.4) is 0 Å². The first-order valence-corrected chi connectivity index (χ1v) is 7.29. The number of benzene rings is 1. The van der Waals surface area contributed by atoms with Crippen LogP contribution in [0.4, 0.5) is 0 Å². The van der Waals surface area contributed by atoms with Crippen molar-refractivity contribution in [1.29, 1.82) is 0 Å². The number of carbonyl (C=O) groups excluding carboxylic acids is 1. The lowest BCUT2D eigenvalue weighted by Gasteiger charge is -2.11. The molecule has 0 aliphatic carbocycles. The Morgan fingerprint density at radius 2 is 1.90 bits per heavy atom. The first kappa shape index (κ1) is 17.1. The first-order valence-electron chi connectivity index (χ1n) is 6.53. The molecule has 1 rings (SSSR count). The molecule has 0 aromatic heterocycles. The molecule has 0 amide bonds. The van der Waals surface area contributed by atoms with Gasteiger partial charge in [-0.15, -0.1) is 0 Å². The summed E-state index contributed by atoms with van der Waals surface area (Å²) in [5.41, 5.74) is 0.324. The highest BCUT2D eigenvalue weighted by atomic mass is 35.5. The van der Waals surface area contributed by atoms with Crippen LogP contribution in [0.1, 0.15) is 30.1 Å². The third-order valence-electron chi connectivity index (χ3n) is 2.58. The first-order chi connectivity index (χ1) is 9.60. The molecule has 0 fully saturated rings. The van der Waals surface area contributed by atoms with Gasteiger partial charge >= 0.3 is 5.97 Å². The van der Waals surface area contributed by atoms with E-state index in [1.54, 1.807) is 6.92 Å². The molecule has 0 saturated heterocycles. The summed E-state index contributed by atoms with van der Waals surface area (Å²) >= 11 is 12.2. The number of hydrogen-bond donors (Lipinski definition) is 1. The van der Waals surface area contributed by atoms with Crippen molar-refractivity contribution in [3.05, 3.63) is 27.7 Å². The molecule has 4 nitrogen and oxygen atoms in total. The zero-order valence-electron chi connectivity index (χ0n) is 11.7. The average molecular weight is 320 g/mol. The molecule has 1 N–H and O–H groups in total. The maximum Gasteiger partial charge on any atom is 0.338 e. The monoisotopic (exact) mass is 319 g/mol. The molecular formula is C14H19Cl2NO3. The topological polar surface area (TPSA) is 47.6 Å². The Balaban J connectivity index is 2.67. The second kappa shape index (κ2) is 9.06. The molecule has 0 spiro atoms. The highest BCUT2D eigenvalue weighted by Gasteiger charge is 2.14. The standard InChI is InChI=1S/C14H19Cl2NO3/c1-3-19-14(18)10-8-11(15)13(12(16)9-10)20-7-5-4-6-17-2/h8-9,17H,3-7H2,1-2H3. The second-order valence-electron chi connectivity index (χ2n) is 4.15. The van der Waals surface area contributed by atoms with Gasteiger partial charge in [-0.3, -0.25) is 0 Å². The zero-order valence-corrected chi connectivity index (χ0v) is 13.2. The normalized spacial score (nSPS) is 10.4. The molecule has 0 atom stereocenters. The van der Waals surface area contributed by atoms with E-state index in [0.29, 0.717) is 34.6 Å². The van der Waals surface area contributed by atoms with Gasteiger partial charge in [0.2, 0.25) is 0 Å². The van der Waals surface area contributed by atoms with Crippen LogP contribution in [0.5, 0.6) is 5.75 Å². The fraction of sp³-hybridized carbons (Fsp3) is 0.500. The number of esters is 1. The minimum Gasteiger partial charge on any atom is -0.490 e. The van der Waals surface area contributed by atoms with E-state index in [2.05, 4.69) is 5.32 Å². The summed E-state index contributed by atoms with van der Waals surface area (Å²) in [5, 5.41) is 3.69. The predicted octanol–water partition coefficient (Wildman–Crippen LogP) is 3.55. The Morgan fingerprint density at radius 3 is 2.45 bits per heavy atom. The minimum atomic E-state index is -0.447. The van der Waals surface area contributed by atoms with Crippen molar-refractivity contribution in [3.63, 3.8) is 0 Å². The van der Waals surface area contributed by atoms with E-state index in [9.17, 15) is 4.79 Å². The third-order valence-corrected chi connectivity index (χ3v) is 3.14. The smallest absolute Gasteiger partial charge is 0.338 e. The summed E-state index contributed by atoms with van der Waals surface area (Å²) in [4.78, 5) is 11.6. The van der Waals surface area contributed by atoms with Crippen LogP contribution in [-0.2, 0) is 4.74 Å². The predicted molar refractivity (Wildman–Crippen MR) is 81.1 cm³/mol. The Kier molecular flexibility index (Phi) is 7.73. The summed E-state index contributed by atoms with van der Waals surface area (Å²) in [6, 6.07) is 3.02. The molecule has 0 heterocycles. The number of hydrogen-bond acceptors (Lipinski definition) is 4. The van der Waals surface area contributed by atoms with E-state index >= 15 is 0 Å². The number of halogens is 2. The van der Waals surface area contributed by atoms with Crippen LogP contribution in [0.25, 0.3) is 0 Å². The number of ether oxygens (including phenoxy) is 2. The molecule has 1 aromatic rings. The highest BCUT2D eigenvalue weighted by molar-refractivity contribution is 6.37. The molecule has 1 aromatic carbocycles. The summed E-state index contributed by atoms with van der Waals surface area (Å²) in [7, 11) is 1.91. The van der Waals surface area contributed by atoms with Crippen LogP contribution in [0.2, 0.25) is 10.0 Å². The summed E-state index contributed by atoms with van der Waals surface area (Å²) in [6.07, 6.45) is 1.90. The van der Waals surface area contributed by atoms with Gasteiger partial charge in [0.05, 0.1) is 28.8 Å². The summed E-state index contributed by atoms with van der Waals surface area (Å²) in [6.45, 7) is 3.51. The van der Waals surface area contributed by atoms with Crippen molar-refractivity contribution in [3.8, 4) is 5.75 Å². The molecule has 0 radical (unpaired) electrons. The van der Waals surface area contributed by atoms with Crippen molar-refractivity contribution in [2.24, 2.45) is 0 Å². The lowest BCUT2D eigenvalue weighted by molar-refractivity contribution is 0.0526. The van der Waals surface area contributed by atoms with Gasteiger partial charge in [-0.2, -0.15) is 0 Å². The molecule has 0 saturated carbocycles. The number of nitrogens with one attached hydrogen (secondary N) is 1. The van der Waals surface area contributed by atoms with Crippen LogP contribution >= 0.6 is 23.2 Å². The molecule has 112 valence electrons. The number of carbonyl (C=O) groups is 1. The van der Waals surface area contributed by atoms with E-state index in [-0.39, 0.29) is 0 Å². The molecular weight excluding hydrogens is 301 g/mol. The maximum atomic E-state index is 11.6. The molecule has 0 bridgehead atoms. The third kappa shape index (κ3) is 5.19. The maximum absolute atomic E-state index is 11.6. The fourth-order valence-corrected chi connectivity index (χ4v) is 2.20. The highest BCUT2D eigenvalue weighted by Crippen LogP contribution is 2.34.